The Bertz CT molecular complexity index is 856. The number of nitrogens with two attached hydrogens (primary N) is 1. The van der Waals surface area contributed by atoms with Crippen molar-refractivity contribution in [3.05, 3.63) is 78.1 Å². The van der Waals surface area contributed by atoms with E-state index in [0.717, 1.165) is 5.69 Å². The number of benzene rings is 2. The van der Waals surface area contributed by atoms with E-state index in [0.29, 0.717) is 16.8 Å². The summed E-state index contributed by atoms with van der Waals surface area (Å²) in [6.07, 6.45) is 3.13. The predicted molar refractivity (Wildman–Crippen MR) is 86.5 cm³/mol. The van der Waals surface area contributed by atoms with Crippen LogP contribution < -0.4 is 11.1 Å². The van der Waals surface area contributed by atoms with Crippen LogP contribution in [0.3, 0.4) is 0 Å². The van der Waals surface area contributed by atoms with Gasteiger partial charge in [0.2, 0.25) is 5.91 Å². The van der Waals surface area contributed by atoms with E-state index in [1.54, 1.807) is 29.1 Å². The summed E-state index contributed by atoms with van der Waals surface area (Å²) in [5.41, 5.74) is 7.34. The first kappa shape index (κ1) is 14.5. The Morgan fingerprint density at radius 2 is 1.78 bits per heavy atom. The normalized spacial score (nSPS) is 10.3. The van der Waals surface area contributed by atoms with Gasteiger partial charge in [0.1, 0.15) is 0 Å². The van der Waals surface area contributed by atoms with Gasteiger partial charge in [0, 0.05) is 17.4 Å². The summed E-state index contributed by atoms with van der Waals surface area (Å²) in [4.78, 5) is 23.4. The fourth-order valence-corrected chi connectivity index (χ4v) is 2.12. The average molecular weight is 306 g/mol. The molecule has 0 aliphatic heterocycles. The number of para-hydroxylation sites is 1. The Kier molecular flexibility index (Phi) is 3.88. The molecule has 0 unspecified atom stereocenters. The number of aromatic nitrogens is 2. The summed E-state index contributed by atoms with van der Waals surface area (Å²) in [5.74, 6) is -0.855. The van der Waals surface area contributed by atoms with Gasteiger partial charge >= 0.3 is 0 Å². The quantitative estimate of drug-likeness (QED) is 0.774. The molecule has 6 nitrogen and oxygen atoms in total. The molecule has 23 heavy (non-hydrogen) atoms. The summed E-state index contributed by atoms with van der Waals surface area (Å²) in [7, 11) is 0. The highest BCUT2D eigenvalue weighted by Crippen LogP contribution is 2.13. The molecule has 0 atom stereocenters. The Labute approximate surface area is 132 Å². The summed E-state index contributed by atoms with van der Waals surface area (Å²) < 4.78 is 1.62. The van der Waals surface area contributed by atoms with Crippen molar-refractivity contribution in [3.8, 4) is 5.69 Å². The van der Waals surface area contributed by atoms with Gasteiger partial charge in [-0.25, -0.2) is 4.68 Å². The maximum Gasteiger partial charge on any atom is 0.258 e. The van der Waals surface area contributed by atoms with Crippen molar-refractivity contribution in [3.63, 3.8) is 0 Å². The topological polar surface area (TPSA) is 90.0 Å². The molecule has 3 rings (SSSR count). The van der Waals surface area contributed by atoms with E-state index in [9.17, 15) is 9.59 Å². The highest BCUT2D eigenvalue weighted by Gasteiger charge is 2.10. The fourth-order valence-electron chi connectivity index (χ4n) is 2.12. The van der Waals surface area contributed by atoms with Crippen LogP contribution in [0.1, 0.15) is 20.7 Å². The average Bonchev–Trinajstić information content (AvgIpc) is 3.06. The molecule has 2 aromatic carbocycles. The van der Waals surface area contributed by atoms with E-state index in [-0.39, 0.29) is 5.91 Å². The van der Waals surface area contributed by atoms with Gasteiger partial charge in [-0.05, 0) is 30.3 Å². The minimum Gasteiger partial charge on any atom is -0.366 e. The third kappa shape index (κ3) is 3.26. The van der Waals surface area contributed by atoms with Crippen LogP contribution in [-0.4, -0.2) is 21.6 Å². The molecule has 0 spiro atoms. The lowest BCUT2D eigenvalue weighted by Crippen LogP contribution is -2.14. The van der Waals surface area contributed by atoms with Crippen LogP contribution >= 0.6 is 0 Å². The molecule has 0 radical (unpaired) electrons. The number of nitrogens with zero attached hydrogens (tertiary/aromatic N) is 2. The molecular formula is C17H14N4O2. The van der Waals surface area contributed by atoms with Crippen LogP contribution in [0.4, 0.5) is 5.69 Å². The number of hydrogen-bond acceptors (Lipinski definition) is 3. The zero-order valence-corrected chi connectivity index (χ0v) is 12.1. The standard InChI is InChI=1S/C17H14N4O2/c18-16(22)12-5-4-6-14(9-12)20-17(23)13-10-19-21(11-13)15-7-2-1-3-8-15/h1-11H,(H2,18,22)(H,20,23). The molecule has 0 aliphatic rings. The number of nitrogens with one attached hydrogen (secondary N) is 1. The number of carbonyl (C=O) groups is 2. The first-order valence-electron chi connectivity index (χ1n) is 6.95. The van der Waals surface area contributed by atoms with Crippen molar-refractivity contribution in [2.45, 2.75) is 0 Å². The van der Waals surface area contributed by atoms with E-state index in [1.165, 1.54) is 12.3 Å². The number of anilines is 1. The first-order chi connectivity index (χ1) is 11.1. The summed E-state index contributed by atoms with van der Waals surface area (Å²) >= 11 is 0. The smallest absolute Gasteiger partial charge is 0.258 e. The van der Waals surface area contributed by atoms with Gasteiger partial charge in [-0.1, -0.05) is 24.3 Å². The minimum absolute atomic E-state index is 0.311. The molecule has 0 fully saturated rings. The lowest BCUT2D eigenvalue weighted by molar-refractivity contribution is 0.0996. The van der Waals surface area contributed by atoms with Crippen molar-refractivity contribution in [1.82, 2.24) is 9.78 Å². The molecule has 6 heteroatoms. The maximum atomic E-state index is 12.3. The molecule has 1 aromatic heterocycles. The highest BCUT2D eigenvalue weighted by molar-refractivity contribution is 6.04. The van der Waals surface area contributed by atoms with E-state index >= 15 is 0 Å². The third-order valence-corrected chi connectivity index (χ3v) is 3.27. The molecule has 114 valence electrons. The van der Waals surface area contributed by atoms with Crippen molar-refractivity contribution < 1.29 is 9.59 Å². The Hall–Kier alpha value is -3.41. The zero-order chi connectivity index (χ0) is 16.2. The van der Waals surface area contributed by atoms with E-state index < -0.39 is 5.91 Å². The molecule has 2 amide bonds. The SMILES string of the molecule is NC(=O)c1cccc(NC(=O)c2cnn(-c3ccccc3)c2)c1. The molecule has 3 N–H and O–H groups in total. The molecule has 3 aromatic rings. The largest absolute Gasteiger partial charge is 0.366 e. The molecule has 0 aliphatic carbocycles. The second kappa shape index (κ2) is 6.15. The van der Waals surface area contributed by atoms with Crippen molar-refractivity contribution in [1.29, 1.82) is 0 Å². The van der Waals surface area contributed by atoms with Crippen molar-refractivity contribution >= 4 is 17.5 Å². The van der Waals surface area contributed by atoms with Crippen LogP contribution in [-0.2, 0) is 0 Å². The van der Waals surface area contributed by atoms with Crippen LogP contribution in [0.5, 0.6) is 0 Å². The Balaban J connectivity index is 1.78. The number of rotatable bonds is 4. The lowest BCUT2D eigenvalue weighted by Gasteiger charge is -2.04. The number of amides is 2. The Morgan fingerprint density at radius 1 is 1.00 bits per heavy atom. The lowest BCUT2D eigenvalue weighted by atomic mass is 10.2. The monoisotopic (exact) mass is 306 g/mol. The van der Waals surface area contributed by atoms with Gasteiger partial charge in [-0.2, -0.15) is 5.10 Å². The summed E-state index contributed by atoms with van der Waals surface area (Å²) in [6, 6.07) is 15.9. The maximum absolute atomic E-state index is 12.3. The van der Waals surface area contributed by atoms with Gasteiger partial charge in [0.15, 0.2) is 0 Å². The molecule has 0 bridgehead atoms. The van der Waals surface area contributed by atoms with Gasteiger partial charge in [-0.15, -0.1) is 0 Å². The predicted octanol–water partition coefficient (Wildman–Crippen LogP) is 2.22. The van der Waals surface area contributed by atoms with Crippen molar-refractivity contribution in [2.75, 3.05) is 5.32 Å². The van der Waals surface area contributed by atoms with Crippen LogP contribution in [0.15, 0.2) is 67.0 Å². The number of hydrogen-bond donors (Lipinski definition) is 2. The zero-order valence-electron chi connectivity index (χ0n) is 12.1. The first-order valence-corrected chi connectivity index (χ1v) is 6.95. The minimum atomic E-state index is -0.544. The molecule has 1 heterocycles. The third-order valence-electron chi connectivity index (χ3n) is 3.27. The van der Waals surface area contributed by atoms with Crippen LogP contribution in [0, 0.1) is 0 Å². The second-order valence-electron chi connectivity index (χ2n) is 4.91. The summed E-state index contributed by atoms with van der Waals surface area (Å²) in [5, 5.41) is 6.89. The second-order valence-corrected chi connectivity index (χ2v) is 4.91. The molecule has 0 saturated heterocycles. The Morgan fingerprint density at radius 3 is 2.52 bits per heavy atom. The van der Waals surface area contributed by atoms with Gasteiger partial charge in [0.25, 0.3) is 5.91 Å². The van der Waals surface area contributed by atoms with Gasteiger partial charge < -0.3 is 11.1 Å². The van der Waals surface area contributed by atoms with Crippen molar-refractivity contribution in [2.24, 2.45) is 5.73 Å². The summed E-state index contributed by atoms with van der Waals surface area (Å²) in [6.45, 7) is 0. The van der Waals surface area contributed by atoms with Gasteiger partial charge in [-0.3, -0.25) is 9.59 Å². The molecule has 0 saturated carbocycles. The van der Waals surface area contributed by atoms with Crippen LogP contribution in [0.2, 0.25) is 0 Å². The van der Waals surface area contributed by atoms with E-state index in [1.807, 2.05) is 30.3 Å². The molecular weight excluding hydrogens is 292 g/mol. The fraction of sp³-hybridized carbons (Fsp3) is 0. The van der Waals surface area contributed by atoms with E-state index in [4.69, 9.17) is 5.73 Å². The van der Waals surface area contributed by atoms with Crippen LogP contribution in [0.25, 0.3) is 5.69 Å². The highest BCUT2D eigenvalue weighted by atomic mass is 16.2. The van der Waals surface area contributed by atoms with Gasteiger partial charge in [0.05, 0.1) is 17.4 Å². The van der Waals surface area contributed by atoms with E-state index in [2.05, 4.69) is 10.4 Å². The number of primary amides is 1. The number of carbonyl (C=O) groups excluding carboxylic acids is 2.